The zero-order valence-electron chi connectivity index (χ0n) is 22.5. The van der Waals surface area contributed by atoms with Crippen LogP contribution in [0.4, 0.5) is 0 Å². The average molecular weight is 537 g/mol. The van der Waals surface area contributed by atoms with Gasteiger partial charge in [-0.15, -0.1) is 11.8 Å². The van der Waals surface area contributed by atoms with Crippen molar-refractivity contribution in [1.29, 1.82) is 5.26 Å². The molecule has 0 aromatic heterocycles. The molecule has 3 aliphatic rings. The van der Waals surface area contributed by atoms with Gasteiger partial charge in [-0.25, -0.2) is 0 Å². The Morgan fingerprint density at radius 1 is 0.872 bits per heavy atom. The van der Waals surface area contributed by atoms with Crippen molar-refractivity contribution < 1.29 is 4.79 Å². The average Bonchev–Trinajstić information content (AvgIpc) is 2.98. The number of nitrogens with one attached hydrogen (secondary N) is 1. The molecule has 1 saturated carbocycles. The summed E-state index contributed by atoms with van der Waals surface area (Å²) in [6.45, 7) is 6.74. The second kappa shape index (κ2) is 12.0. The molecule has 1 N–H and O–H groups in total. The highest BCUT2D eigenvalue weighted by Crippen LogP contribution is 2.42. The summed E-state index contributed by atoms with van der Waals surface area (Å²) in [6.07, 6.45) is 6.48. The van der Waals surface area contributed by atoms with Gasteiger partial charge in [-0.05, 0) is 29.9 Å². The number of allylic oxidation sites excluding steroid dienone is 1. The summed E-state index contributed by atoms with van der Waals surface area (Å²) in [4.78, 5) is 19.7. The summed E-state index contributed by atoms with van der Waals surface area (Å²) in [7, 11) is 0. The minimum absolute atomic E-state index is 0.160. The van der Waals surface area contributed by atoms with Crippen LogP contribution in [0.2, 0.25) is 0 Å². The lowest BCUT2D eigenvalue weighted by Gasteiger charge is -2.35. The molecule has 0 bridgehead atoms. The van der Waals surface area contributed by atoms with E-state index < -0.39 is 0 Å². The molecule has 1 saturated heterocycles. The molecule has 0 amide bonds. The zero-order chi connectivity index (χ0) is 26.6. The number of carbonyl (C=O) groups is 1. The lowest BCUT2D eigenvalue weighted by molar-refractivity contribution is 0.104. The van der Waals surface area contributed by atoms with Crippen LogP contribution >= 0.6 is 11.8 Å². The molecule has 39 heavy (non-hydrogen) atoms. The van der Waals surface area contributed by atoms with Crippen molar-refractivity contribution >= 4 is 34.0 Å². The van der Waals surface area contributed by atoms with E-state index >= 15 is 0 Å². The van der Waals surface area contributed by atoms with E-state index in [1.165, 1.54) is 42.6 Å². The first-order valence-corrected chi connectivity index (χ1v) is 15.2. The Balaban J connectivity index is 1.15. The van der Waals surface area contributed by atoms with E-state index in [0.29, 0.717) is 23.1 Å². The third-order valence-corrected chi connectivity index (χ3v) is 9.81. The van der Waals surface area contributed by atoms with Gasteiger partial charge in [0.25, 0.3) is 0 Å². The molecule has 2 aliphatic carbocycles. The topological polar surface area (TPSA) is 59.4 Å². The predicted molar refractivity (Wildman–Crippen MR) is 160 cm³/mol. The maximum absolute atomic E-state index is 13.5. The molecule has 0 unspecified atom stereocenters. The van der Waals surface area contributed by atoms with Gasteiger partial charge in [0.15, 0.2) is 0 Å². The third-order valence-electron chi connectivity index (χ3n) is 8.39. The second-order valence-electron chi connectivity index (χ2n) is 10.9. The highest BCUT2D eigenvalue weighted by atomic mass is 32.2. The second-order valence-corrected chi connectivity index (χ2v) is 12.3. The molecule has 1 heterocycles. The minimum atomic E-state index is -0.160. The number of carbonyl (C=O) groups excluding carboxylic acids is 1. The zero-order valence-corrected chi connectivity index (χ0v) is 23.3. The number of nitriles is 1. The molecular weight excluding hydrogens is 500 g/mol. The van der Waals surface area contributed by atoms with Crippen molar-refractivity contribution in [2.24, 2.45) is 0 Å². The number of nitrogens with zero attached hydrogens (tertiary/aromatic N) is 3. The number of ketones is 1. The van der Waals surface area contributed by atoms with Crippen molar-refractivity contribution in [2.45, 2.75) is 48.8 Å². The summed E-state index contributed by atoms with van der Waals surface area (Å²) in [5.41, 5.74) is 3.93. The Labute approximate surface area is 235 Å². The molecule has 6 rings (SSSR count). The minimum Gasteiger partial charge on any atom is -0.382 e. The first kappa shape index (κ1) is 26.1. The van der Waals surface area contributed by atoms with E-state index in [9.17, 15) is 10.1 Å². The van der Waals surface area contributed by atoms with Crippen molar-refractivity contribution in [3.63, 3.8) is 0 Å². The maximum Gasteiger partial charge on any atom is 0.206 e. The van der Waals surface area contributed by atoms with Gasteiger partial charge in [0, 0.05) is 72.5 Å². The molecule has 1 aliphatic heterocycles. The number of piperazine rings is 1. The van der Waals surface area contributed by atoms with Gasteiger partial charge in [0.2, 0.25) is 5.78 Å². The Morgan fingerprint density at radius 3 is 2.41 bits per heavy atom. The van der Waals surface area contributed by atoms with Gasteiger partial charge in [0.1, 0.15) is 11.6 Å². The van der Waals surface area contributed by atoms with Crippen LogP contribution in [0.25, 0.3) is 16.5 Å². The van der Waals surface area contributed by atoms with Gasteiger partial charge in [-0.1, -0.05) is 73.9 Å². The van der Waals surface area contributed by atoms with E-state index in [-0.39, 0.29) is 11.4 Å². The van der Waals surface area contributed by atoms with Crippen LogP contribution in [0.5, 0.6) is 0 Å². The predicted octanol–water partition coefficient (Wildman–Crippen LogP) is 6.10. The van der Waals surface area contributed by atoms with Crippen LogP contribution in [0.15, 0.2) is 71.1 Å². The van der Waals surface area contributed by atoms with Crippen LogP contribution in [0, 0.1) is 11.3 Å². The van der Waals surface area contributed by atoms with E-state index in [1.54, 1.807) is 0 Å². The number of Topliss-reactive ketones (excluding diaryl/α,β-unsaturated/α-hetero) is 1. The molecule has 3 aromatic carbocycles. The van der Waals surface area contributed by atoms with Crippen molar-refractivity contribution in [3.8, 4) is 6.07 Å². The molecule has 0 spiro atoms. The van der Waals surface area contributed by atoms with E-state index in [2.05, 4.69) is 69.7 Å². The highest BCUT2D eigenvalue weighted by Gasteiger charge is 2.29. The summed E-state index contributed by atoms with van der Waals surface area (Å²) in [5, 5.41) is 16.3. The lowest BCUT2D eigenvalue weighted by Crippen LogP contribution is -2.47. The van der Waals surface area contributed by atoms with Gasteiger partial charge >= 0.3 is 0 Å². The summed E-state index contributed by atoms with van der Waals surface area (Å²) in [6, 6.07) is 23.2. The largest absolute Gasteiger partial charge is 0.382 e. The molecule has 2 fully saturated rings. The summed E-state index contributed by atoms with van der Waals surface area (Å²) >= 11 is 1.97. The fourth-order valence-corrected chi connectivity index (χ4v) is 7.64. The van der Waals surface area contributed by atoms with Crippen molar-refractivity contribution in [1.82, 2.24) is 15.1 Å². The highest BCUT2D eigenvalue weighted by molar-refractivity contribution is 8.00. The van der Waals surface area contributed by atoms with Crippen molar-refractivity contribution in [2.75, 3.05) is 39.3 Å². The van der Waals surface area contributed by atoms with Crippen LogP contribution in [-0.2, 0) is 6.54 Å². The smallest absolute Gasteiger partial charge is 0.206 e. The van der Waals surface area contributed by atoms with E-state index in [4.69, 9.17) is 0 Å². The first-order valence-electron chi connectivity index (χ1n) is 14.4. The Morgan fingerprint density at radius 2 is 1.64 bits per heavy atom. The van der Waals surface area contributed by atoms with Gasteiger partial charge in [-0.2, -0.15) is 5.26 Å². The number of benzene rings is 3. The summed E-state index contributed by atoms with van der Waals surface area (Å²) in [5.74, 6) is -0.160. The number of hydrogen-bond acceptors (Lipinski definition) is 6. The van der Waals surface area contributed by atoms with Crippen LogP contribution in [0.3, 0.4) is 0 Å². The molecule has 3 aromatic rings. The molecule has 5 nitrogen and oxygen atoms in total. The fraction of sp³-hybridized carbons (Fsp3) is 0.394. The maximum atomic E-state index is 13.5. The molecule has 0 atom stereocenters. The monoisotopic (exact) mass is 536 g/mol. The van der Waals surface area contributed by atoms with E-state index in [0.717, 1.165) is 55.6 Å². The third kappa shape index (κ3) is 5.63. The molecular formula is C33H36N4OS. The standard InChI is InChI=1S/C33H36N4OS/c34-22-29-32(35-16-17-36-18-20-37(21-19-36)23-24-8-3-1-4-9-24)27-14-15-30(39-25-10-5-2-6-11-25)26-12-7-13-28(31(26)27)33(29)38/h1,3-4,7-9,12-15,25,35H,2,5-6,10-11,16-21,23H2. The van der Waals surface area contributed by atoms with Gasteiger partial charge in [0.05, 0.1) is 5.70 Å². The Bertz CT molecular complexity index is 1410. The normalized spacial score (nSPS) is 18.9. The molecule has 200 valence electrons. The SMILES string of the molecule is N#CC1=C(NCCN2CCN(Cc3ccccc3)CC2)c2ccc(SC3CCCCC3)c3cccc(c23)C1=O. The van der Waals surface area contributed by atoms with Gasteiger partial charge < -0.3 is 5.32 Å². The van der Waals surface area contributed by atoms with Crippen LogP contribution < -0.4 is 5.32 Å². The van der Waals surface area contributed by atoms with Crippen LogP contribution in [-0.4, -0.2) is 60.1 Å². The lowest BCUT2D eigenvalue weighted by atomic mass is 9.86. The van der Waals surface area contributed by atoms with Gasteiger partial charge in [-0.3, -0.25) is 14.6 Å². The molecule has 6 heteroatoms. The number of hydrogen-bond donors (Lipinski definition) is 1. The number of thioether (sulfide) groups is 1. The summed E-state index contributed by atoms with van der Waals surface area (Å²) < 4.78 is 0. The Hall–Kier alpha value is -3.11. The quantitative estimate of drug-likeness (QED) is 0.375. The molecule has 0 radical (unpaired) electrons. The van der Waals surface area contributed by atoms with Crippen molar-refractivity contribution in [3.05, 3.63) is 82.9 Å². The first-order chi connectivity index (χ1) is 19.2. The van der Waals surface area contributed by atoms with E-state index in [1.807, 2.05) is 23.9 Å². The Kier molecular flexibility index (Phi) is 8.01. The fourth-order valence-electron chi connectivity index (χ4n) is 6.27. The number of rotatable bonds is 8. The van der Waals surface area contributed by atoms with Crippen LogP contribution in [0.1, 0.15) is 53.6 Å².